The summed E-state index contributed by atoms with van der Waals surface area (Å²) >= 11 is 0. The maximum Gasteiger partial charge on any atom is 0.165 e. The van der Waals surface area contributed by atoms with E-state index in [9.17, 15) is 0 Å². The first-order valence-corrected chi connectivity index (χ1v) is 19.4. The van der Waals surface area contributed by atoms with Gasteiger partial charge in [0.05, 0.1) is 0 Å². The summed E-state index contributed by atoms with van der Waals surface area (Å²) in [5, 5.41) is 8.55. The van der Waals surface area contributed by atoms with Crippen LogP contribution in [0.15, 0.2) is 197 Å². The second-order valence-corrected chi connectivity index (χ2v) is 14.8. The molecule has 0 amide bonds. The van der Waals surface area contributed by atoms with Gasteiger partial charge in [0.15, 0.2) is 17.5 Å². The van der Waals surface area contributed by atoms with E-state index in [0.717, 1.165) is 98.8 Å². The number of furan rings is 2. The van der Waals surface area contributed by atoms with E-state index in [-0.39, 0.29) is 0 Å². The lowest BCUT2D eigenvalue weighted by Gasteiger charge is -2.14. The molecule has 12 rings (SSSR count). The summed E-state index contributed by atoms with van der Waals surface area (Å²) in [5.74, 6) is 1.72. The zero-order valence-corrected chi connectivity index (χ0v) is 31.1. The smallest absolute Gasteiger partial charge is 0.165 e. The van der Waals surface area contributed by atoms with Crippen molar-refractivity contribution in [2.24, 2.45) is 0 Å². The minimum absolute atomic E-state index is 0.564. The number of nitrogens with zero attached hydrogens (tertiary/aromatic N) is 3. The van der Waals surface area contributed by atoms with E-state index in [2.05, 4.69) is 152 Å². The lowest BCUT2D eigenvalue weighted by molar-refractivity contribution is 0.669. The summed E-state index contributed by atoms with van der Waals surface area (Å²) in [4.78, 5) is 16.0. The van der Waals surface area contributed by atoms with Crippen LogP contribution in [0.5, 0.6) is 0 Å². The maximum atomic E-state index is 6.67. The van der Waals surface area contributed by atoms with Crippen LogP contribution in [0, 0.1) is 0 Å². The maximum absolute atomic E-state index is 6.67. The van der Waals surface area contributed by atoms with Crippen LogP contribution in [-0.4, -0.2) is 15.0 Å². The molecule has 0 atom stereocenters. The fourth-order valence-corrected chi connectivity index (χ4v) is 8.44. The molecule has 58 heavy (non-hydrogen) atoms. The molecule has 0 unspecified atom stereocenters. The van der Waals surface area contributed by atoms with Gasteiger partial charge in [0.2, 0.25) is 0 Å². The number of hydrogen-bond donors (Lipinski definition) is 0. The Morgan fingerprint density at radius 2 is 0.845 bits per heavy atom. The van der Waals surface area contributed by atoms with Gasteiger partial charge >= 0.3 is 0 Å². The quantitative estimate of drug-likeness (QED) is 0.176. The summed E-state index contributed by atoms with van der Waals surface area (Å²) < 4.78 is 12.9. The van der Waals surface area contributed by atoms with Crippen LogP contribution in [0.4, 0.5) is 0 Å². The highest BCUT2D eigenvalue weighted by Crippen LogP contribution is 2.44. The summed E-state index contributed by atoms with van der Waals surface area (Å²) in [6, 6.07) is 65.3. The zero-order valence-electron chi connectivity index (χ0n) is 31.1. The molecule has 0 spiro atoms. The largest absolute Gasteiger partial charge is 0.456 e. The third kappa shape index (κ3) is 5.29. The second kappa shape index (κ2) is 12.8. The molecule has 0 radical (unpaired) electrons. The van der Waals surface area contributed by atoms with Gasteiger partial charge in [-0.05, 0) is 98.4 Å². The predicted octanol–water partition coefficient (Wildman–Crippen LogP) is 14.3. The number of aromatic nitrogens is 3. The van der Waals surface area contributed by atoms with E-state index in [0.29, 0.717) is 17.5 Å². The fraction of sp³-hybridized carbons (Fsp3) is 0. The molecular formula is C53H31N3O2. The monoisotopic (exact) mass is 741 g/mol. The summed E-state index contributed by atoms with van der Waals surface area (Å²) in [5.41, 5.74) is 10.3. The van der Waals surface area contributed by atoms with E-state index >= 15 is 0 Å². The van der Waals surface area contributed by atoms with Crippen molar-refractivity contribution in [1.82, 2.24) is 15.0 Å². The van der Waals surface area contributed by atoms with Gasteiger partial charge in [0, 0.05) is 38.2 Å². The minimum Gasteiger partial charge on any atom is -0.456 e. The Labute approximate surface area is 332 Å². The van der Waals surface area contributed by atoms with E-state index in [4.69, 9.17) is 23.8 Å². The highest BCUT2D eigenvalue weighted by atomic mass is 16.3. The van der Waals surface area contributed by atoms with E-state index < -0.39 is 0 Å². The number of benzene rings is 9. The number of rotatable bonds is 5. The highest BCUT2D eigenvalue weighted by molar-refractivity contribution is 6.18. The molecule has 0 aliphatic carbocycles. The molecule has 5 nitrogen and oxygen atoms in total. The van der Waals surface area contributed by atoms with Gasteiger partial charge in [0.1, 0.15) is 22.3 Å². The van der Waals surface area contributed by atoms with E-state index in [1.165, 1.54) is 5.56 Å². The molecule has 270 valence electrons. The zero-order chi connectivity index (χ0) is 38.2. The summed E-state index contributed by atoms with van der Waals surface area (Å²) in [6.45, 7) is 0. The lowest BCUT2D eigenvalue weighted by Crippen LogP contribution is -2.01. The number of hydrogen-bond acceptors (Lipinski definition) is 5. The Hall–Kier alpha value is -7.89. The van der Waals surface area contributed by atoms with Crippen molar-refractivity contribution in [1.29, 1.82) is 0 Å². The van der Waals surface area contributed by atoms with E-state index in [1.54, 1.807) is 0 Å². The molecule has 3 heterocycles. The van der Waals surface area contributed by atoms with Crippen LogP contribution >= 0.6 is 0 Å². The SMILES string of the molecule is c1ccc(-c2ccc(-c3ccc4oc5cc6ccccc6cc5c4c3-c3nc(-c4ccc5ccccc5c4)nc(-c4ccc5oc6ccccc6c5c4)n3)cc2)cc1. The Bertz CT molecular complexity index is 3570. The van der Waals surface area contributed by atoms with Gasteiger partial charge in [-0.25, -0.2) is 15.0 Å². The Morgan fingerprint density at radius 1 is 0.293 bits per heavy atom. The van der Waals surface area contributed by atoms with E-state index in [1.807, 2.05) is 36.4 Å². The van der Waals surface area contributed by atoms with Crippen LogP contribution in [-0.2, 0) is 0 Å². The van der Waals surface area contributed by atoms with Gasteiger partial charge < -0.3 is 8.83 Å². The first-order valence-electron chi connectivity index (χ1n) is 19.4. The van der Waals surface area contributed by atoms with Crippen LogP contribution < -0.4 is 0 Å². The number of fused-ring (bicyclic) bond motifs is 8. The molecule has 0 saturated heterocycles. The third-order valence-electron chi connectivity index (χ3n) is 11.3. The van der Waals surface area contributed by atoms with Crippen LogP contribution in [0.1, 0.15) is 0 Å². The Morgan fingerprint density at radius 3 is 1.66 bits per heavy atom. The van der Waals surface area contributed by atoms with Crippen molar-refractivity contribution >= 4 is 65.4 Å². The van der Waals surface area contributed by atoms with Crippen molar-refractivity contribution in [3.8, 4) is 56.4 Å². The van der Waals surface area contributed by atoms with Crippen molar-refractivity contribution < 1.29 is 8.83 Å². The topological polar surface area (TPSA) is 65.0 Å². The predicted molar refractivity (Wildman–Crippen MR) is 237 cm³/mol. The molecule has 5 heteroatoms. The molecule has 0 aliphatic rings. The van der Waals surface area contributed by atoms with Crippen LogP contribution in [0.3, 0.4) is 0 Å². The van der Waals surface area contributed by atoms with Crippen molar-refractivity contribution in [2.75, 3.05) is 0 Å². The average Bonchev–Trinajstić information content (AvgIpc) is 3.85. The Balaban J connectivity index is 1.15. The average molecular weight is 742 g/mol. The summed E-state index contributed by atoms with van der Waals surface area (Å²) in [6.07, 6.45) is 0. The number of para-hydroxylation sites is 1. The lowest BCUT2D eigenvalue weighted by atomic mass is 9.93. The fourth-order valence-electron chi connectivity index (χ4n) is 8.44. The first kappa shape index (κ1) is 32.4. The van der Waals surface area contributed by atoms with Gasteiger partial charge in [0.25, 0.3) is 0 Å². The summed E-state index contributed by atoms with van der Waals surface area (Å²) in [7, 11) is 0. The van der Waals surface area contributed by atoms with Crippen molar-refractivity contribution in [3.63, 3.8) is 0 Å². The molecule has 3 aromatic heterocycles. The molecule has 0 fully saturated rings. The third-order valence-corrected chi connectivity index (χ3v) is 11.3. The van der Waals surface area contributed by atoms with Crippen molar-refractivity contribution in [3.05, 3.63) is 188 Å². The minimum atomic E-state index is 0.564. The van der Waals surface area contributed by atoms with Gasteiger partial charge in [-0.2, -0.15) is 0 Å². The Kier molecular flexibility index (Phi) is 7.16. The van der Waals surface area contributed by atoms with Crippen molar-refractivity contribution in [2.45, 2.75) is 0 Å². The molecule has 0 bridgehead atoms. The molecule has 0 N–H and O–H groups in total. The molecule has 12 aromatic rings. The second-order valence-electron chi connectivity index (χ2n) is 14.8. The molecule has 0 saturated carbocycles. The molecule has 9 aromatic carbocycles. The van der Waals surface area contributed by atoms with Gasteiger partial charge in [-0.15, -0.1) is 0 Å². The first-order chi connectivity index (χ1) is 28.7. The molecular weight excluding hydrogens is 711 g/mol. The van der Waals surface area contributed by atoms with Crippen LogP contribution in [0.25, 0.3) is 122 Å². The van der Waals surface area contributed by atoms with Gasteiger partial charge in [-0.3, -0.25) is 0 Å². The molecule has 0 aliphatic heterocycles. The standard InChI is InChI=1S/C53H31N3O2/c1-2-10-32(11-3-1)34-18-21-35(22-19-34)41-25-27-47-49(44-29-37-14-6-7-15-38(37)31-48(44)58-47)50(41)53-55-51(39-23-20-33-12-4-5-13-36(33)28-39)54-52(56-53)40-24-26-46-43(30-40)42-16-8-9-17-45(42)57-46/h1-31H. The van der Waals surface area contributed by atoms with Gasteiger partial charge in [-0.1, -0.05) is 133 Å². The normalized spacial score (nSPS) is 11.8. The van der Waals surface area contributed by atoms with Crippen LogP contribution in [0.2, 0.25) is 0 Å². The highest BCUT2D eigenvalue weighted by Gasteiger charge is 2.23.